The number of nitrogens with zero attached hydrogens (tertiary/aromatic N) is 2. The van der Waals surface area contributed by atoms with E-state index in [0.29, 0.717) is 26.2 Å². The molecule has 7 heteroatoms. The number of carbonyl (C=O) groups excluding carboxylic acids is 1. The SMILES string of the molecule is CCOC(=O)N1CCC(NC(=NC)NCC(C)Oc2ccccc2C)CC1. The zero-order valence-electron chi connectivity index (χ0n) is 16.8. The molecule has 1 saturated heterocycles. The van der Waals surface area contributed by atoms with E-state index in [-0.39, 0.29) is 18.2 Å². The molecule has 0 bridgehead atoms. The number of aryl methyl sites for hydroxylation is 1. The first-order valence-electron chi connectivity index (χ1n) is 9.64. The molecule has 7 nitrogen and oxygen atoms in total. The number of para-hydroxylation sites is 1. The van der Waals surface area contributed by atoms with Crippen molar-refractivity contribution in [1.29, 1.82) is 0 Å². The van der Waals surface area contributed by atoms with Crippen molar-refractivity contribution in [2.45, 2.75) is 45.8 Å². The molecule has 0 saturated carbocycles. The molecule has 27 heavy (non-hydrogen) atoms. The first kappa shape index (κ1) is 20.9. The number of guanidine groups is 1. The van der Waals surface area contributed by atoms with Gasteiger partial charge in [0.25, 0.3) is 0 Å². The maximum absolute atomic E-state index is 11.8. The number of hydrogen-bond donors (Lipinski definition) is 2. The molecule has 1 aliphatic rings. The van der Waals surface area contributed by atoms with Crippen LogP contribution in [0.25, 0.3) is 0 Å². The molecule has 1 aromatic carbocycles. The van der Waals surface area contributed by atoms with Crippen LogP contribution in [0.4, 0.5) is 4.79 Å². The van der Waals surface area contributed by atoms with Gasteiger partial charge < -0.3 is 25.0 Å². The van der Waals surface area contributed by atoms with Crippen LogP contribution in [0.15, 0.2) is 29.3 Å². The molecule has 2 N–H and O–H groups in total. The van der Waals surface area contributed by atoms with Crippen molar-refractivity contribution in [2.75, 3.05) is 33.3 Å². The van der Waals surface area contributed by atoms with Crippen LogP contribution in [0, 0.1) is 6.92 Å². The Labute approximate surface area is 162 Å². The van der Waals surface area contributed by atoms with Gasteiger partial charge in [0.2, 0.25) is 0 Å². The van der Waals surface area contributed by atoms with Gasteiger partial charge in [-0.25, -0.2) is 4.79 Å². The third-order valence-corrected chi connectivity index (χ3v) is 4.56. The van der Waals surface area contributed by atoms with Gasteiger partial charge in [-0.2, -0.15) is 0 Å². The number of nitrogens with one attached hydrogen (secondary N) is 2. The van der Waals surface area contributed by atoms with Crippen LogP contribution in [0.1, 0.15) is 32.3 Å². The van der Waals surface area contributed by atoms with Gasteiger partial charge in [-0.1, -0.05) is 18.2 Å². The van der Waals surface area contributed by atoms with Crippen molar-refractivity contribution in [3.8, 4) is 5.75 Å². The van der Waals surface area contributed by atoms with Gasteiger partial charge in [0.05, 0.1) is 13.2 Å². The second kappa shape index (κ2) is 10.6. The lowest BCUT2D eigenvalue weighted by Crippen LogP contribution is -2.50. The summed E-state index contributed by atoms with van der Waals surface area (Å²) < 4.78 is 11.0. The summed E-state index contributed by atoms with van der Waals surface area (Å²) in [6.45, 7) is 8.35. The van der Waals surface area contributed by atoms with Crippen molar-refractivity contribution >= 4 is 12.1 Å². The van der Waals surface area contributed by atoms with E-state index in [9.17, 15) is 4.79 Å². The van der Waals surface area contributed by atoms with Crippen LogP contribution in [0.5, 0.6) is 5.75 Å². The molecule has 2 rings (SSSR count). The molecule has 1 amide bonds. The number of rotatable bonds is 6. The van der Waals surface area contributed by atoms with Crippen molar-refractivity contribution in [1.82, 2.24) is 15.5 Å². The van der Waals surface area contributed by atoms with Crippen LogP contribution in [-0.2, 0) is 4.74 Å². The normalized spacial score (nSPS) is 16.6. The molecule has 1 atom stereocenters. The highest BCUT2D eigenvalue weighted by molar-refractivity contribution is 5.80. The molecule has 0 aliphatic carbocycles. The fourth-order valence-corrected chi connectivity index (χ4v) is 3.00. The maximum atomic E-state index is 11.8. The Morgan fingerprint density at radius 3 is 2.67 bits per heavy atom. The molecule has 150 valence electrons. The smallest absolute Gasteiger partial charge is 0.409 e. The summed E-state index contributed by atoms with van der Waals surface area (Å²) in [6, 6.07) is 8.29. The Morgan fingerprint density at radius 2 is 2.04 bits per heavy atom. The van der Waals surface area contributed by atoms with Crippen LogP contribution < -0.4 is 15.4 Å². The highest BCUT2D eigenvalue weighted by atomic mass is 16.6. The average Bonchev–Trinajstić information content (AvgIpc) is 2.67. The van der Waals surface area contributed by atoms with Gasteiger partial charge in [-0.3, -0.25) is 4.99 Å². The van der Waals surface area contributed by atoms with E-state index in [0.717, 1.165) is 30.1 Å². The Balaban J connectivity index is 1.73. The van der Waals surface area contributed by atoms with Gasteiger partial charge in [-0.05, 0) is 45.2 Å². The Morgan fingerprint density at radius 1 is 1.33 bits per heavy atom. The van der Waals surface area contributed by atoms with Gasteiger partial charge >= 0.3 is 6.09 Å². The molecule has 1 unspecified atom stereocenters. The van der Waals surface area contributed by atoms with Gasteiger partial charge in [0.15, 0.2) is 5.96 Å². The second-order valence-corrected chi connectivity index (χ2v) is 6.75. The largest absolute Gasteiger partial charge is 0.489 e. The summed E-state index contributed by atoms with van der Waals surface area (Å²) in [7, 11) is 1.76. The lowest BCUT2D eigenvalue weighted by molar-refractivity contribution is 0.0963. The van der Waals surface area contributed by atoms with E-state index in [1.807, 2.05) is 45.0 Å². The van der Waals surface area contributed by atoms with E-state index in [1.54, 1.807) is 11.9 Å². The quantitative estimate of drug-likeness (QED) is 0.589. The van der Waals surface area contributed by atoms with Gasteiger partial charge in [0.1, 0.15) is 11.9 Å². The minimum absolute atomic E-state index is 0.00955. The van der Waals surface area contributed by atoms with Crippen LogP contribution in [-0.4, -0.2) is 62.4 Å². The van der Waals surface area contributed by atoms with Crippen molar-refractivity contribution in [3.63, 3.8) is 0 Å². The summed E-state index contributed by atoms with van der Waals surface area (Å²) in [5.41, 5.74) is 1.13. The summed E-state index contributed by atoms with van der Waals surface area (Å²) >= 11 is 0. The Kier molecular flexibility index (Phi) is 8.23. The minimum atomic E-state index is -0.222. The third-order valence-electron chi connectivity index (χ3n) is 4.56. The molecule has 1 aliphatic heterocycles. The molecule has 0 spiro atoms. The lowest BCUT2D eigenvalue weighted by atomic mass is 10.1. The fraction of sp³-hybridized carbons (Fsp3) is 0.600. The monoisotopic (exact) mass is 376 g/mol. The number of hydrogen-bond acceptors (Lipinski definition) is 4. The minimum Gasteiger partial charge on any atom is -0.489 e. The second-order valence-electron chi connectivity index (χ2n) is 6.75. The number of amides is 1. The topological polar surface area (TPSA) is 75.2 Å². The lowest BCUT2D eigenvalue weighted by Gasteiger charge is -2.32. The highest BCUT2D eigenvalue weighted by Crippen LogP contribution is 2.17. The van der Waals surface area contributed by atoms with E-state index < -0.39 is 0 Å². The predicted molar refractivity (Wildman–Crippen MR) is 107 cm³/mol. The van der Waals surface area contributed by atoms with E-state index in [4.69, 9.17) is 9.47 Å². The van der Waals surface area contributed by atoms with Gasteiger partial charge in [-0.15, -0.1) is 0 Å². The number of benzene rings is 1. The number of ether oxygens (including phenoxy) is 2. The molecular weight excluding hydrogens is 344 g/mol. The number of likely N-dealkylation sites (tertiary alicyclic amines) is 1. The number of piperidine rings is 1. The zero-order valence-corrected chi connectivity index (χ0v) is 16.8. The highest BCUT2D eigenvalue weighted by Gasteiger charge is 2.24. The summed E-state index contributed by atoms with van der Waals surface area (Å²) in [5, 5.41) is 6.75. The van der Waals surface area contributed by atoms with Crippen molar-refractivity contribution in [3.05, 3.63) is 29.8 Å². The summed E-state index contributed by atoms with van der Waals surface area (Å²) in [4.78, 5) is 17.8. The maximum Gasteiger partial charge on any atom is 0.409 e. The molecule has 0 radical (unpaired) electrons. The van der Waals surface area contributed by atoms with Crippen LogP contribution in [0.3, 0.4) is 0 Å². The standard InChI is InChI=1S/C20H32N4O3/c1-5-26-20(25)24-12-10-17(11-13-24)23-19(21-4)22-14-16(3)27-18-9-7-6-8-15(18)2/h6-9,16-17H,5,10-14H2,1-4H3,(H2,21,22,23). The van der Waals surface area contributed by atoms with Crippen molar-refractivity contribution in [2.24, 2.45) is 4.99 Å². The molecule has 1 aromatic rings. The predicted octanol–water partition coefficient (Wildman–Crippen LogP) is 2.55. The summed E-state index contributed by atoms with van der Waals surface area (Å²) in [6.07, 6.45) is 1.53. The number of carbonyl (C=O) groups is 1. The molecule has 1 heterocycles. The van der Waals surface area contributed by atoms with Crippen LogP contribution in [0.2, 0.25) is 0 Å². The summed E-state index contributed by atoms with van der Waals surface area (Å²) in [5.74, 6) is 1.66. The molecule has 1 fully saturated rings. The van der Waals surface area contributed by atoms with E-state index >= 15 is 0 Å². The van der Waals surface area contributed by atoms with E-state index in [1.165, 1.54) is 0 Å². The van der Waals surface area contributed by atoms with Crippen molar-refractivity contribution < 1.29 is 14.3 Å². The first-order valence-corrected chi connectivity index (χ1v) is 9.64. The van der Waals surface area contributed by atoms with Crippen LogP contribution >= 0.6 is 0 Å². The zero-order chi connectivity index (χ0) is 19.6. The first-order chi connectivity index (χ1) is 13.0. The average molecular weight is 377 g/mol. The Hall–Kier alpha value is -2.44. The molecule has 0 aromatic heterocycles. The Bertz CT molecular complexity index is 627. The van der Waals surface area contributed by atoms with Gasteiger partial charge in [0, 0.05) is 26.2 Å². The third kappa shape index (κ3) is 6.66. The van der Waals surface area contributed by atoms with E-state index in [2.05, 4.69) is 15.6 Å². The molecular formula is C20H32N4O3. The number of aliphatic imine (C=N–C) groups is 1. The fourth-order valence-electron chi connectivity index (χ4n) is 3.00.